The van der Waals surface area contributed by atoms with Crippen LogP contribution in [0.2, 0.25) is 0 Å². The minimum absolute atomic E-state index is 0.0503. The Bertz CT molecular complexity index is 96.4. The van der Waals surface area contributed by atoms with Gasteiger partial charge < -0.3 is 9.47 Å². The summed E-state index contributed by atoms with van der Waals surface area (Å²) in [5.74, 6) is 0. The molecule has 0 amide bonds. The molecule has 0 aromatic carbocycles. The van der Waals surface area contributed by atoms with Crippen LogP contribution in [0, 0.1) is 0 Å². The van der Waals surface area contributed by atoms with Crippen molar-refractivity contribution in [3.63, 3.8) is 0 Å². The van der Waals surface area contributed by atoms with Crippen LogP contribution in [0.5, 0.6) is 0 Å². The topological polar surface area (TPSA) is 18.5 Å². The van der Waals surface area contributed by atoms with Crippen LogP contribution in [0.25, 0.3) is 0 Å². The molecule has 0 fully saturated rings. The molecule has 0 aliphatic rings. The maximum atomic E-state index is 12.3. The molecule has 4 heteroatoms. The van der Waals surface area contributed by atoms with Gasteiger partial charge in [-0.2, -0.15) is 8.78 Å². The zero-order valence-corrected chi connectivity index (χ0v) is 6.90. The van der Waals surface area contributed by atoms with Gasteiger partial charge in [-0.3, -0.25) is 0 Å². The van der Waals surface area contributed by atoms with Crippen molar-refractivity contribution in [2.24, 2.45) is 0 Å². The second kappa shape index (κ2) is 5.43. The van der Waals surface area contributed by atoms with Gasteiger partial charge in [-0.25, -0.2) is 0 Å². The predicted octanol–water partition coefficient (Wildman–Crippen LogP) is 2.04. The Morgan fingerprint density at radius 3 is 2.36 bits per heavy atom. The monoisotopic (exact) mass is 168 g/mol. The summed E-state index contributed by atoms with van der Waals surface area (Å²) in [6.45, 7) is 1.89. The fraction of sp³-hybridized carbons (Fsp3) is 1.00. The normalized spacial score (nSPS) is 12.0. The van der Waals surface area contributed by atoms with Crippen LogP contribution in [0.15, 0.2) is 0 Å². The first kappa shape index (κ1) is 10.8. The van der Waals surface area contributed by atoms with Gasteiger partial charge in [0.15, 0.2) is 0 Å². The molecule has 0 aliphatic carbocycles. The molecule has 0 radical (unpaired) electrons. The molecule has 68 valence electrons. The van der Waals surface area contributed by atoms with Crippen LogP contribution in [0.3, 0.4) is 0 Å². The molecule has 0 atom stereocenters. The van der Waals surface area contributed by atoms with E-state index in [1.165, 1.54) is 14.0 Å². The van der Waals surface area contributed by atoms with Crippen molar-refractivity contribution in [1.82, 2.24) is 0 Å². The number of ether oxygens (including phenoxy) is 2. The lowest BCUT2D eigenvalue weighted by Crippen LogP contribution is -2.20. The smallest absolute Gasteiger partial charge is 0.355 e. The van der Waals surface area contributed by atoms with E-state index in [9.17, 15) is 8.78 Å². The summed E-state index contributed by atoms with van der Waals surface area (Å²) in [5, 5.41) is 0. The highest BCUT2D eigenvalue weighted by Gasteiger charge is 2.26. The third kappa shape index (κ3) is 6.19. The Morgan fingerprint density at radius 2 is 1.91 bits per heavy atom. The number of halogens is 2. The van der Waals surface area contributed by atoms with Crippen molar-refractivity contribution >= 4 is 0 Å². The number of hydrogen-bond donors (Lipinski definition) is 0. The SMILES string of the molecule is CCC(F)(F)OCCCOC. The Kier molecular flexibility index (Phi) is 5.32. The van der Waals surface area contributed by atoms with E-state index in [1.54, 1.807) is 0 Å². The molecular weight excluding hydrogens is 154 g/mol. The van der Waals surface area contributed by atoms with Crippen molar-refractivity contribution < 1.29 is 18.3 Å². The first-order valence-corrected chi connectivity index (χ1v) is 3.63. The van der Waals surface area contributed by atoms with Crippen molar-refractivity contribution in [2.75, 3.05) is 20.3 Å². The van der Waals surface area contributed by atoms with Crippen molar-refractivity contribution in [1.29, 1.82) is 0 Å². The Hall–Kier alpha value is -0.220. The molecular formula is C7H14F2O2. The average molecular weight is 168 g/mol. The van der Waals surface area contributed by atoms with Gasteiger partial charge in [-0.05, 0) is 6.42 Å². The summed E-state index contributed by atoms with van der Waals surface area (Å²) >= 11 is 0. The molecule has 0 N–H and O–H groups in total. The summed E-state index contributed by atoms with van der Waals surface area (Å²) < 4.78 is 33.6. The lowest BCUT2D eigenvalue weighted by molar-refractivity contribution is -0.240. The number of methoxy groups -OCH3 is 1. The van der Waals surface area contributed by atoms with Crippen LogP contribution < -0.4 is 0 Å². The van der Waals surface area contributed by atoms with Gasteiger partial charge in [0.25, 0.3) is 0 Å². The van der Waals surface area contributed by atoms with E-state index in [2.05, 4.69) is 9.47 Å². The maximum Gasteiger partial charge on any atom is 0.355 e. The second-order valence-electron chi connectivity index (χ2n) is 2.19. The summed E-state index contributed by atoms with van der Waals surface area (Å²) in [6.07, 6.45) is -2.74. The van der Waals surface area contributed by atoms with Crippen molar-refractivity contribution in [2.45, 2.75) is 25.9 Å². The third-order valence-electron chi connectivity index (χ3n) is 1.22. The average Bonchev–Trinajstić information content (AvgIpc) is 1.99. The lowest BCUT2D eigenvalue weighted by Gasteiger charge is -2.13. The van der Waals surface area contributed by atoms with E-state index < -0.39 is 6.11 Å². The van der Waals surface area contributed by atoms with Gasteiger partial charge in [0.1, 0.15) is 0 Å². The van der Waals surface area contributed by atoms with E-state index in [0.29, 0.717) is 13.0 Å². The van der Waals surface area contributed by atoms with Gasteiger partial charge >= 0.3 is 6.11 Å². The van der Waals surface area contributed by atoms with Crippen LogP contribution in [0.1, 0.15) is 19.8 Å². The zero-order valence-electron chi connectivity index (χ0n) is 6.90. The summed E-state index contributed by atoms with van der Waals surface area (Å²) in [6, 6.07) is 0. The fourth-order valence-electron chi connectivity index (χ4n) is 0.527. The van der Waals surface area contributed by atoms with E-state index in [4.69, 9.17) is 0 Å². The highest BCUT2D eigenvalue weighted by atomic mass is 19.3. The second-order valence-corrected chi connectivity index (χ2v) is 2.19. The minimum atomic E-state index is -2.96. The standard InChI is InChI=1S/C7H14F2O2/c1-3-7(8,9)11-6-4-5-10-2/h3-6H2,1-2H3. The van der Waals surface area contributed by atoms with E-state index in [0.717, 1.165) is 0 Å². The molecule has 0 aromatic heterocycles. The molecule has 0 saturated carbocycles. The largest absolute Gasteiger partial charge is 0.385 e. The number of rotatable bonds is 6. The van der Waals surface area contributed by atoms with E-state index in [1.807, 2.05) is 0 Å². The van der Waals surface area contributed by atoms with Crippen LogP contribution in [-0.4, -0.2) is 26.4 Å². The lowest BCUT2D eigenvalue weighted by atomic mass is 10.4. The summed E-state index contributed by atoms with van der Waals surface area (Å²) in [5.41, 5.74) is 0. The highest BCUT2D eigenvalue weighted by Crippen LogP contribution is 2.18. The zero-order chi connectivity index (χ0) is 8.74. The van der Waals surface area contributed by atoms with Crippen molar-refractivity contribution in [3.8, 4) is 0 Å². The predicted molar refractivity (Wildman–Crippen MR) is 37.7 cm³/mol. The number of alkyl halides is 2. The van der Waals surface area contributed by atoms with Crippen LogP contribution >= 0.6 is 0 Å². The van der Waals surface area contributed by atoms with Gasteiger partial charge in [0.2, 0.25) is 0 Å². The Balaban J connectivity index is 3.23. The van der Waals surface area contributed by atoms with E-state index in [-0.39, 0.29) is 13.0 Å². The molecule has 0 aromatic rings. The third-order valence-corrected chi connectivity index (χ3v) is 1.22. The Labute approximate surface area is 65.5 Å². The van der Waals surface area contributed by atoms with E-state index >= 15 is 0 Å². The number of hydrogen-bond acceptors (Lipinski definition) is 2. The molecule has 0 saturated heterocycles. The van der Waals surface area contributed by atoms with Gasteiger partial charge in [-0.1, -0.05) is 6.92 Å². The maximum absolute atomic E-state index is 12.3. The molecule has 11 heavy (non-hydrogen) atoms. The molecule has 2 nitrogen and oxygen atoms in total. The molecule has 0 bridgehead atoms. The fourth-order valence-corrected chi connectivity index (χ4v) is 0.527. The summed E-state index contributed by atoms with van der Waals surface area (Å²) in [7, 11) is 1.53. The van der Waals surface area contributed by atoms with Crippen molar-refractivity contribution in [3.05, 3.63) is 0 Å². The quantitative estimate of drug-likeness (QED) is 0.565. The van der Waals surface area contributed by atoms with Gasteiger partial charge in [-0.15, -0.1) is 0 Å². The summed E-state index contributed by atoms with van der Waals surface area (Å²) in [4.78, 5) is 0. The molecule has 0 heterocycles. The Morgan fingerprint density at radius 1 is 1.27 bits per heavy atom. The molecule has 0 rings (SSSR count). The first-order chi connectivity index (χ1) is 5.12. The highest BCUT2D eigenvalue weighted by molar-refractivity contribution is 4.47. The molecule has 0 spiro atoms. The first-order valence-electron chi connectivity index (χ1n) is 3.63. The molecule has 0 unspecified atom stereocenters. The minimum Gasteiger partial charge on any atom is -0.385 e. The van der Waals surface area contributed by atoms with Gasteiger partial charge in [0.05, 0.1) is 6.61 Å². The van der Waals surface area contributed by atoms with Crippen LogP contribution in [-0.2, 0) is 9.47 Å². The van der Waals surface area contributed by atoms with Gasteiger partial charge in [0, 0.05) is 20.1 Å². The molecule has 0 aliphatic heterocycles. The van der Waals surface area contributed by atoms with Crippen LogP contribution in [0.4, 0.5) is 8.78 Å².